The van der Waals surface area contributed by atoms with E-state index in [1.807, 2.05) is 28.8 Å². The molecule has 1 aliphatic heterocycles. The molecule has 7 heteroatoms. The summed E-state index contributed by atoms with van der Waals surface area (Å²) < 4.78 is 23.6. The van der Waals surface area contributed by atoms with E-state index in [1.165, 1.54) is 6.07 Å². The maximum atomic E-state index is 14.5. The second-order valence-electron chi connectivity index (χ2n) is 6.77. The van der Waals surface area contributed by atoms with E-state index < -0.39 is 0 Å². The molecule has 0 fully saturated rings. The molecule has 0 spiro atoms. The number of rotatable bonds is 3. The van der Waals surface area contributed by atoms with Crippen molar-refractivity contribution in [2.75, 3.05) is 7.11 Å². The number of terminal acetylenes is 1. The van der Waals surface area contributed by atoms with E-state index in [2.05, 4.69) is 21.2 Å². The number of fused-ring (bicyclic) bond motifs is 5. The lowest BCUT2D eigenvalue weighted by Gasteiger charge is -2.17. The molecule has 0 saturated heterocycles. The molecule has 1 aliphatic rings. The minimum atomic E-state index is -0.283. The Morgan fingerprint density at radius 1 is 1.21 bits per heavy atom. The number of nitrogens with zero attached hydrogens (tertiary/aromatic N) is 5. The summed E-state index contributed by atoms with van der Waals surface area (Å²) in [5.74, 6) is 2.82. The second-order valence-corrected chi connectivity index (χ2v) is 6.77. The molecule has 1 atom stereocenters. The van der Waals surface area contributed by atoms with E-state index in [9.17, 15) is 4.39 Å². The molecule has 5 rings (SSSR count). The molecule has 0 saturated carbocycles. The number of aromatic nitrogens is 5. The molecule has 4 aromatic rings. The topological polar surface area (TPSA) is 57.8 Å². The van der Waals surface area contributed by atoms with Crippen LogP contribution in [0.3, 0.4) is 0 Å². The molecule has 0 amide bonds. The number of ether oxygens (including phenoxy) is 1. The van der Waals surface area contributed by atoms with Gasteiger partial charge in [-0.05, 0) is 36.1 Å². The molecule has 29 heavy (non-hydrogen) atoms. The minimum Gasteiger partial charge on any atom is -0.497 e. The maximum absolute atomic E-state index is 14.5. The van der Waals surface area contributed by atoms with Crippen LogP contribution in [0.4, 0.5) is 4.39 Å². The van der Waals surface area contributed by atoms with E-state index in [0.29, 0.717) is 23.4 Å². The van der Waals surface area contributed by atoms with Crippen LogP contribution in [0.5, 0.6) is 5.75 Å². The summed E-state index contributed by atoms with van der Waals surface area (Å²) in [4.78, 5) is 4.42. The number of benzene rings is 2. The van der Waals surface area contributed by atoms with Crippen molar-refractivity contribution in [3.63, 3.8) is 0 Å². The van der Waals surface area contributed by atoms with Crippen molar-refractivity contribution in [1.82, 2.24) is 24.5 Å². The zero-order valence-corrected chi connectivity index (χ0v) is 15.6. The Kier molecular flexibility index (Phi) is 3.91. The van der Waals surface area contributed by atoms with Crippen LogP contribution in [0.25, 0.3) is 11.4 Å². The lowest BCUT2D eigenvalue weighted by atomic mass is 9.91. The minimum absolute atomic E-state index is 0.261. The van der Waals surface area contributed by atoms with Crippen LogP contribution in [-0.2, 0) is 6.42 Å². The van der Waals surface area contributed by atoms with Gasteiger partial charge in [-0.3, -0.25) is 4.57 Å². The molecule has 0 radical (unpaired) electrons. The number of imidazole rings is 1. The number of hydrogen-bond donors (Lipinski definition) is 0. The van der Waals surface area contributed by atoms with Gasteiger partial charge in [0.1, 0.15) is 23.6 Å². The molecule has 0 N–H and O–H groups in total. The van der Waals surface area contributed by atoms with Crippen LogP contribution in [0, 0.1) is 18.2 Å². The van der Waals surface area contributed by atoms with Crippen molar-refractivity contribution in [3.8, 4) is 29.5 Å². The van der Waals surface area contributed by atoms with Gasteiger partial charge < -0.3 is 4.74 Å². The largest absolute Gasteiger partial charge is 0.497 e. The zero-order chi connectivity index (χ0) is 20.0. The Morgan fingerprint density at radius 3 is 2.86 bits per heavy atom. The maximum Gasteiger partial charge on any atom is 0.135 e. The quantitative estimate of drug-likeness (QED) is 0.508. The van der Waals surface area contributed by atoms with Gasteiger partial charge in [-0.15, -0.1) is 11.5 Å². The SMILES string of the molecule is C#Cc1ncn2c1C(Cc1ccccc1F)c1cnnn1-c1cc(OC)ccc1-2. The van der Waals surface area contributed by atoms with Crippen molar-refractivity contribution in [2.45, 2.75) is 12.3 Å². The fourth-order valence-electron chi connectivity index (χ4n) is 3.89. The van der Waals surface area contributed by atoms with Crippen LogP contribution in [0.15, 0.2) is 55.0 Å². The van der Waals surface area contributed by atoms with Gasteiger partial charge in [0, 0.05) is 6.07 Å². The van der Waals surface area contributed by atoms with Crippen molar-refractivity contribution in [2.24, 2.45) is 0 Å². The van der Waals surface area contributed by atoms with E-state index in [1.54, 1.807) is 36.4 Å². The number of halogens is 1. The van der Waals surface area contributed by atoms with Gasteiger partial charge in [0.15, 0.2) is 0 Å². The summed E-state index contributed by atoms with van der Waals surface area (Å²) in [6.07, 6.45) is 9.54. The predicted octanol–water partition coefficient (Wildman–Crippen LogP) is 3.27. The summed E-state index contributed by atoms with van der Waals surface area (Å²) in [7, 11) is 1.61. The molecule has 1 unspecified atom stereocenters. The summed E-state index contributed by atoms with van der Waals surface area (Å²) in [6.45, 7) is 0. The third-order valence-electron chi connectivity index (χ3n) is 5.26. The van der Waals surface area contributed by atoms with Gasteiger partial charge in [-0.1, -0.05) is 23.4 Å². The first-order valence-corrected chi connectivity index (χ1v) is 9.08. The van der Waals surface area contributed by atoms with Crippen LogP contribution in [-0.4, -0.2) is 31.7 Å². The Bertz CT molecular complexity index is 1270. The highest BCUT2D eigenvalue weighted by atomic mass is 19.1. The summed E-state index contributed by atoms with van der Waals surface area (Å²) >= 11 is 0. The Morgan fingerprint density at radius 2 is 2.07 bits per heavy atom. The van der Waals surface area contributed by atoms with Crippen molar-refractivity contribution < 1.29 is 9.13 Å². The highest BCUT2D eigenvalue weighted by Crippen LogP contribution is 2.38. The normalized spacial score (nSPS) is 14.3. The number of hydrogen-bond acceptors (Lipinski definition) is 4. The lowest BCUT2D eigenvalue weighted by molar-refractivity contribution is 0.414. The monoisotopic (exact) mass is 385 g/mol. The third-order valence-corrected chi connectivity index (χ3v) is 5.26. The smallest absolute Gasteiger partial charge is 0.135 e. The average molecular weight is 385 g/mol. The first-order chi connectivity index (χ1) is 14.2. The molecular formula is C22H16FN5O. The molecule has 142 valence electrons. The van der Waals surface area contributed by atoms with Gasteiger partial charge in [0.2, 0.25) is 0 Å². The standard InChI is InChI=1S/C22H16FN5O/c1-3-18-22-16(10-14-6-4-5-7-17(14)23)21-12-25-26-28(21)20-11-15(29-2)8-9-19(20)27(22)13-24-18/h1,4-9,11-13,16H,10H2,2H3. The van der Waals surface area contributed by atoms with E-state index in [4.69, 9.17) is 11.2 Å². The molecule has 0 aliphatic carbocycles. The predicted molar refractivity (Wildman–Crippen MR) is 105 cm³/mol. The summed E-state index contributed by atoms with van der Waals surface area (Å²) in [6, 6.07) is 12.4. The molecule has 0 bridgehead atoms. The van der Waals surface area contributed by atoms with Gasteiger partial charge >= 0.3 is 0 Å². The molecular weight excluding hydrogens is 369 g/mol. The van der Waals surface area contributed by atoms with Gasteiger partial charge in [0.25, 0.3) is 0 Å². The van der Waals surface area contributed by atoms with E-state index in [0.717, 1.165) is 22.8 Å². The molecule has 6 nitrogen and oxygen atoms in total. The fraction of sp³-hybridized carbons (Fsp3) is 0.136. The first kappa shape index (κ1) is 17.2. The van der Waals surface area contributed by atoms with Gasteiger partial charge in [-0.2, -0.15) is 0 Å². The van der Waals surface area contributed by atoms with E-state index >= 15 is 0 Å². The Balaban J connectivity index is 1.79. The number of methoxy groups -OCH3 is 1. The van der Waals surface area contributed by atoms with Crippen LogP contribution < -0.4 is 4.74 Å². The summed E-state index contributed by atoms with van der Waals surface area (Å²) in [5.41, 5.74) is 4.35. The first-order valence-electron chi connectivity index (χ1n) is 9.08. The van der Waals surface area contributed by atoms with Gasteiger partial charge in [0.05, 0.1) is 42.0 Å². The molecule has 2 aromatic heterocycles. The van der Waals surface area contributed by atoms with Crippen molar-refractivity contribution in [1.29, 1.82) is 0 Å². The third kappa shape index (κ3) is 2.61. The second kappa shape index (κ2) is 6.60. The zero-order valence-electron chi connectivity index (χ0n) is 15.6. The molecule has 3 heterocycles. The van der Waals surface area contributed by atoms with Crippen LogP contribution >= 0.6 is 0 Å². The highest BCUT2D eigenvalue weighted by Gasteiger charge is 2.32. The van der Waals surface area contributed by atoms with Crippen molar-refractivity contribution in [3.05, 3.63) is 83.5 Å². The highest BCUT2D eigenvalue weighted by molar-refractivity contribution is 5.60. The Labute approximate surface area is 166 Å². The lowest BCUT2D eigenvalue weighted by Crippen LogP contribution is -2.13. The summed E-state index contributed by atoms with van der Waals surface area (Å²) in [5, 5.41) is 8.42. The van der Waals surface area contributed by atoms with Gasteiger partial charge in [-0.25, -0.2) is 14.1 Å². The van der Waals surface area contributed by atoms with Crippen LogP contribution in [0.1, 0.15) is 28.6 Å². The Hall–Kier alpha value is -3.92. The van der Waals surface area contributed by atoms with Crippen molar-refractivity contribution >= 4 is 0 Å². The fourth-order valence-corrected chi connectivity index (χ4v) is 3.89. The average Bonchev–Trinajstić information content (AvgIpc) is 3.38. The molecule has 2 aromatic carbocycles. The van der Waals surface area contributed by atoms with E-state index in [-0.39, 0.29) is 11.7 Å². The van der Waals surface area contributed by atoms with Crippen LogP contribution in [0.2, 0.25) is 0 Å².